The Kier molecular flexibility index (Phi) is 4.05. The van der Waals surface area contributed by atoms with Crippen LogP contribution in [0.3, 0.4) is 0 Å². The molecule has 0 aliphatic rings. The molecule has 2 aromatic rings. The summed E-state index contributed by atoms with van der Waals surface area (Å²) in [5.41, 5.74) is 10.3. The Morgan fingerprint density at radius 3 is 2.39 bits per heavy atom. The highest BCUT2D eigenvalue weighted by molar-refractivity contribution is 5.29. The van der Waals surface area contributed by atoms with Gasteiger partial charge in [-0.1, -0.05) is 37.6 Å². The third-order valence-electron chi connectivity index (χ3n) is 3.00. The van der Waals surface area contributed by atoms with Crippen LogP contribution in [0.5, 0.6) is 0 Å². The maximum atomic E-state index is 6.19. The first kappa shape index (κ1) is 12.7. The van der Waals surface area contributed by atoms with E-state index in [-0.39, 0.29) is 6.04 Å². The third kappa shape index (κ3) is 2.93. The monoisotopic (exact) mass is 241 g/mol. The van der Waals surface area contributed by atoms with Crippen LogP contribution in [-0.4, -0.2) is 9.97 Å². The fraction of sp³-hybridized carbons (Fsp3) is 0.333. The predicted octanol–water partition coefficient (Wildman–Crippen LogP) is 2.79. The Balaban J connectivity index is 2.17. The van der Waals surface area contributed by atoms with Crippen LogP contribution >= 0.6 is 0 Å². The number of aryl methyl sites for hydroxylation is 2. The van der Waals surface area contributed by atoms with Gasteiger partial charge in [0.1, 0.15) is 0 Å². The molecule has 0 bridgehead atoms. The minimum Gasteiger partial charge on any atom is -0.319 e. The van der Waals surface area contributed by atoms with E-state index in [9.17, 15) is 0 Å². The smallest absolute Gasteiger partial charge is 0.0799 e. The van der Waals surface area contributed by atoms with Gasteiger partial charge in [-0.05, 0) is 24.5 Å². The standard InChI is InChI=1S/C15H19N3/c1-3-4-12-5-7-13(8-6-12)15(16)14-10-17-11(2)9-18-14/h5-10,15H,3-4,16H2,1-2H3. The first-order chi connectivity index (χ1) is 8.70. The van der Waals surface area contributed by atoms with Crippen LogP contribution in [0, 0.1) is 6.92 Å². The Morgan fingerprint density at radius 2 is 1.83 bits per heavy atom. The Morgan fingerprint density at radius 1 is 1.11 bits per heavy atom. The molecule has 0 aliphatic carbocycles. The zero-order valence-electron chi connectivity index (χ0n) is 10.9. The molecule has 1 heterocycles. The van der Waals surface area contributed by atoms with Crippen molar-refractivity contribution in [2.24, 2.45) is 5.73 Å². The summed E-state index contributed by atoms with van der Waals surface area (Å²) < 4.78 is 0. The Labute approximate surface area is 108 Å². The van der Waals surface area contributed by atoms with E-state index in [4.69, 9.17) is 5.73 Å². The van der Waals surface area contributed by atoms with E-state index in [2.05, 4.69) is 41.2 Å². The highest BCUT2D eigenvalue weighted by Crippen LogP contribution is 2.18. The molecule has 3 heteroatoms. The molecule has 18 heavy (non-hydrogen) atoms. The molecule has 2 rings (SSSR count). The molecule has 94 valence electrons. The van der Waals surface area contributed by atoms with E-state index in [0.717, 1.165) is 29.8 Å². The lowest BCUT2D eigenvalue weighted by molar-refractivity contribution is 0.811. The number of aromatic nitrogens is 2. The zero-order chi connectivity index (χ0) is 13.0. The summed E-state index contributed by atoms with van der Waals surface area (Å²) in [4.78, 5) is 8.56. The molecule has 3 nitrogen and oxygen atoms in total. The fourth-order valence-corrected chi connectivity index (χ4v) is 1.91. The van der Waals surface area contributed by atoms with Gasteiger partial charge in [0.05, 0.1) is 23.6 Å². The number of hydrogen-bond acceptors (Lipinski definition) is 3. The second-order valence-corrected chi connectivity index (χ2v) is 4.55. The van der Waals surface area contributed by atoms with Crippen LogP contribution in [-0.2, 0) is 6.42 Å². The Bertz CT molecular complexity index is 488. The largest absolute Gasteiger partial charge is 0.319 e. The van der Waals surface area contributed by atoms with Crippen molar-refractivity contribution in [1.29, 1.82) is 0 Å². The van der Waals surface area contributed by atoms with Crippen molar-refractivity contribution in [3.63, 3.8) is 0 Å². The molecule has 0 amide bonds. The minimum absolute atomic E-state index is 0.200. The van der Waals surface area contributed by atoms with Crippen LogP contribution in [0.2, 0.25) is 0 Å². The van der Waals surface area contributed by atoms with Crippen LogP contribution in [0.4, 0.5) is 0 Å². The molecule has 0 fully saturated rings. The van der Waals surface area contributed by atoms with Gasteiger partial charge in [-0.15, -0.1) is 0 Å². The number of benzene rings is 1. The molecule has 1 atom stereocenters. The van der Waals surface area contributed by atoms with Gasteiger partial charge in [0.25, 0.3) is 0 Å². The fourth-order valence-electron chi connectivity index (χ4n) is 1.91. The summed E-state index contributed by atoms with van der Waals surface area (Å²) in [7, 11) is 0. The van der Waals surface area contributed by atoms with Crippen molar-refractivity contribution in [2.45, 2.75) is 32.7 Å². The van der Waals surface area contributed by atoms with Gasteiger partial charge in [-0.25, -0.2) is 0 Å². The number of nitrogens with two attached hydrogens (primary N) is 1. The topological polar surface area (TPSA) is 51.8 Å². The van der Waals surface area contributed by atoms with E-state index in [1.54, 1.807) is 12.4 Å². The molecular formula is C15H19N3. The zero-order valence-corrected chi connectivity index (χ0v) is 10.9. The molecule has 1 aromatic carbocycles. The summed E-state index contributed by atoms with van der Waals surface area (Å²) in [5.74, 6) is 0. The first-order valence-corrected chi connectivity index (χ1v) is 6.33. The third-order valence-corrected chi connectivity index (χ3v) is 3.00. The lowest BCUT2D eigenvalue weighted by Crippen LogP contribution is -2.14. The van der Waals surface area contributed by atoms with Crippen molar-refractivity contribution < 1.29 is 0 Å². The van der Waals surface area contributed by atoms with E-state index < -0.39 is 0 Å². The van der Waals surface area contributed by atoms with Gasteiger partial charge in [0, 0.05) is 6.20 Å². The molecule has 2 N–H and O–H groups in total. The summed E-state index contributed by atoms with van der Waals surface area (Å²) >= 11 is 0. The quantitative estimate of drug-likeness (QED) is 0.895. The highest BCUT2D eigenvalue weighted by atomic mass is 14.8. The maximum Gasteiger partial charge on any atom is 0.0799 e. The van der Waals surface area contributed by atoms with Gasteiger partial charge >= 0.3 is 0 Å². The minimum atomic E-state index is -0.200. The maximum absolute atomic E-state index is 6.19. The predicted molar refractivity (Wildman–Crippen MR) is 73.2 cm³/mol. The molecule has 0 saturated heterocycles. The van der Waals surface area contributed by atoms with Crippen molar-refractivity contribution in [1.82, 2.24) is 9.97 Å². The average Bonchev–Trinajstić information content (AvgIpc) is 2.40. The second kappa shape index (κ2) is 5.74. The van der Waals surface area contributed by atoms with Gasteiger partial charge in [0.2, 0.25) is 0 Å². The summed E-state index contributed by atoms with van der Waals surface area (Å²) in [6, 6.07) is 8.24. The Hall–Kier alpha value is -1.74. The van der Waals surface area contributed by atoms with E-state index >= 15 is 0 Å². The first-order valence-electron chi connectivity index (χ1n) is 6.33. The van der Waals surface area contributed by atoms with E-state index in [1.807, 2.05) is 6.92 Å². The van der Waals surface area contributed by atoms with Crippen LogP contribution in [0.25, 0.3) is 0 Å². The molecule has 0 radical (unpaired) electrons. The molecule has 0 spiro atoms. The van der Waals surface area contributed by atoms with Crippen molar-refractivity contribution in [2.75, 3.05) is 0 Å². The summed E-state index contributed by atoms with van der Waals surface area (Å²) in [6.07, 6.45) is 5.77. The van der Waals surface area contributed by atoms with Crippen molar-refractivity contribution in [3.8, 4) is 0 Å². The van der Waals surface area contributed by atoms with Crippen LogP contribution < -0.4 is 5.73 Å². The van der Waals surface area contributed by atoms with Crippen molar-refractivity contribution in [3.05, 3.63) is 59.2 Å². The molecular weight excluding hydrogens is 222 g/mol. The van der Waals surface area contributed by atoms with E-state index in [0.29, 0.717) is 0 Å². The van der Waals surface area contributed by atoms with Crippen LogP contribution in [0.1, 0.15) is 41.9 Å². The van der Waals surface area contributed by atoms with Gasteiger partial charge in [-0.3, -0.25) is 9.97 Å². The highest BCUT2D eigenvalue weighted by Gasteiger charge is 2.10. The summed E-state index contributed by atoms with van der Waals surface area (Å²) in [5, 5.41) is 0. The molecule has 1 aromatic heterocycles. The lowest BCUT2D eigenvalue weighted by Gasteiger charge is -2.12. The SMILES string of the molecule is CCCc1ccc(C(N)c2cnc(C)cn2)cc1. The van der Waals surface area contributed by atoms with Crippen LogP contribution in [0.15, 0.2) is 36.7 Å². The lowest BCUT2D eigenvalue weighted by atomic mass is 10.0. The van der Waals surface area contributed by atoms with Gasteiger partial charge < -0.3 is 5.73 Å². The number of hydrogen-bond donors (Lipinski definition) is 1. The number of rotatable bonds is 4. The molecule has 0 aliphatic heterocycles. The number of nitrogens with zero attached hydrogens (tertiary/aromatic N) is 2. The second-order valence-electron chi connectivity index (χ2n) is 4.55. The van der Waals surface area contributed by atoms with Crippen molar-refractivity contribution >= 4 is 0 Å². The summed E-state index contributed by atoms with van der Waals surface area (Å²) in [6.45, 7) is 4.10. The molecule has 1 unspecified atom stereocenters. The van der Waals surface area contributed by atoms with Gasteiger partial charge in [-0.2, -0.15) is 0 Å². The average molecular weight is 241 g/mol. The normalized spacial score (nSPS) is 12.4. The van der Waals surface area contributed by atoms with Gasteiger partial charge in [0.15, 0.2) is 0 Å². The van der Waals surface area contributed by atoms with E-state index in [1.165, 1.54) is 5.56 Å². The molecule has 0 saturated carbocycles.